The van der Waals surface area contributed by atoms with E-state index in [-0.39, 0.29) is 17.7 Å². The second-order valence-corrected chi connectivity index (χ2v) is 5.40. The number of carbonyl (C=O) groups is 1. The van der Waals surface area contributed by atoms with Gasteiger partial charge in [-0.05, 0) is 25.0 Å². The molecule has 0 aliphatic heterocycles. The number of hydrogen-bond donors (Lipinski definition) is 3. The molecule has 1 saturated carbocycles. The van der Waals surface area contributed by atoms with Crippen LogP contribution in [0.4, 0.5) is 4.39 Å². The van der Waals surface area contributed by atoms with Crippen LogP contribution in [0.5, 0.6) is 5.75 Å². The van der Waals surface area contributed by atoms with Gasteiger partial charge in [-0.2, -0.15) is 0 Å². The third-order valence-corrected chi connectivity index (χ3v) is 3.63. The van der Waals surface area contributed by atoms with Crippen LogP contribution in [0.25, 0.3) is 0 Å². The molecule has 0 radical (unpaired) electrons. The molecule has 0 saturated heterocycles. The van der Waals surface area contributed by atoms with Crippen molar-refractivity contribution in [2.45, 2.75) is 25.4 Å². The van der Waals surface area contributed by atoms with Gasteiger partial charge < -0.3 is 15.5 Å². The van der Waals surface area contributed by atoms with Crippen LogP contribution >= 0.6 is 15.9 Å². The molecule has 3 N–H and O–H groups in total. The quantitative estimate of drug-likeness (QED) is 0.796. The first-order valence-corrected chi connectivity index (χ1v) is 6.39. The highest BCUT2D eigenvalue weighted by molar-refractivity contribution is 9.10. The van der Waals surface area contributed by atoms with Crippen molar-refractivity contribution in [2.75, 3.05) is 0 Å². The molecule has 6 heteroatoms. The minimum Gasteiger partial charge on any atom is -0.505 e. The van der Waals surface area contributed by atoms with E-state index in [0.717, 1.165) is 0 Å². The summed E-state index contributed by atoms with van der Waals surface area (Å²) in [7, 11) is 0. The van der Waals surface area contributed by atoms with Crippen molar-refractivity contribution in [1.29, 1.82) is 0 Å². The number of benzene rings is 1. The summed E-state index contributed by atoms with van der Waals surface area (Å²) in [5.74, 6) is -2.09. The van der Waals surface area contributed by atoms with E-state index in [1.807, 2.05) is 0 Å². The molecule has 0 spiro atoms. The summed E-state index contributed by atoms with van der Waals surface area (Å²) in [6, 6.07) is 2.95. The Morgan fingerprint density at radius 2 is 2.17 bits per heavy atom. The average molecular weight is 318 g/mol. The third kappa shape index (κ3) is 2.81. The summed E-state index contributed by atoms with van der Waals surface area (Å²) in [6.07, 6.45) is 1.15. The van der Waals surface area contributed by atoms with Crippen LogP contribution in [-0.4, -0.2) is 22.2 Å². The zero-order valence-electron chi connectivity index (χ0n) is 9.49. The zero-order valence-corrected chi connectivity index (χ0v) is 11.1. The smallest absolute Gasteiger partial charge is 0.306 e. The van der Waals surface area contributed by atoms with Crippen molar-refractivity contribution >= 4 is 21.9 Å². The van der Waals surface area contributed by atoms with Crippen LogP contribution in [0.3, 0.4) is 0 Å². The first-order chi connectivity index (χ1) is 8.47. The fourth-order valence-electron chi connectivity index (χ4n) is 1.99. The summed E-state index contributed by atoms with van der Waals surface area (Å²) in [5.41, 5.74) is 0.459. The van der Waals surface area contributed by atoms with E-state index < -0.39 is 11.8 Å². The number of phenolic OH excluding ortho intramolecular Hbond substituents is 1. The van der Waals surface area contributed by atoms with Crippen LogP contribution in [0, 0.1) is 11.7 Å². The number of nitrogens with one attached hydrogen (secondary N) is 1. The fraction of sp³-hybridized carbons (Fsp3) is 0.417. The summed E-state index contributed by atoms with van der Waals surface area (Å²) in [6.45, 7) is 0.319. The molecule has 0 aromatic heterocycles. The molecular weight excluding hydrogens is 305 g/mol. The lowest BCUT2D eigenvalue weighted by Crippen LogP contribution is -2.43. The minimum absolute atomic E-state index is 0.118. The second-order valence-electron chi connectivity index (χ2n) is 4.48. The Kier molecular flexibility index (Phi) is 3.87. The Bertz CT molecular complexity index is 475. The highest BCUT2D eigenvalue weighted by Gasteiger charge is 2.33. The average Bonchev–Trinajstić information content (AvgIpc) is 2.21. The van der Waals surface area contributed by atoms with E-state index in [2.05, 4.69) is 21.2 Å². The predicted molar refractivity (Wildman–Crippen MR) is 66.8 cm³/mol. The van der Waals surface area contributed by atoms with E-state index in [9.17, 15) is 14.3 Å². The van der Waals surface area contributed by atoms with Gasteiger partial charge in [0.05, 0.1) is 5.92 Å². The van der Waals surface area contributed by atoms with Gasteiger partial charge in [-0.15, -0.1) is 0 Å². The van der Waals surface area contributed by atoms with Crippen molar-refractivity contribution in [3.8, 4) is 5.75 Å². The normalized spacial score (nSPS) is 22.6. The summed E-state index contributed by atoms with van der Waals surface area (Å²) < 4.78 is 13.8. The van der Waals surface area contributed by atoms with Crippen molar-refractivity contribution in [1.82, 2.24) is 5.32 Å². The van der Waals surface area contributed by atoms with Crippen LogP contribution in [0.15, 0.2) is 16.6 Å². The molecule has 1 fully saturated rings. The Labute approximate surface area is 112 Å². The molecule has 1 aliphatic rings. The van der Waals surface area contributed by atoms with Crippen molar-refractivity contribution < 1.29 is 19.4 Å². The molecule has 1 aromatic rings. The van der Waals surface area contributed by atoms with Gasteiger partial charge in [-0.25, -0.2) is 4.39 Å². The number of hydrogen-bond acceptors (Lipinski definition) is 3. The van der Waals surface area contributed by atoms with Crippen molar-refractivity contribution in [3.05, 3.63) is 28.0 Å². The van der Waals surface area contributed by atoms with E-state index in [1.54, 1.807) is 6.07 Å². The number of halogens is 2. The molecule has 0 amide bonds. The molecule has 98 valence electrons. The van der Waals surface area contributed by atoms with E-state index in [4.69, 9.17) is 5.11 Å². The molecule has 1 aliphatic carbocycles. The van der Waals surface area contributed by atoms with Gasteiger partial charge in [0.25, 0.3) is 0 Å². The SMILES string of the molecule is O=C(O)C1CC(NCc2cc(Br)cc(F)c2O)C1. The largest absolute Gasteiger partial charge is 0.505 e. The highest BCUT2D eigenvalue weighted by Crippen LogP contribution is 2.29. The van der Waals surface area contributed by atoms with E-state index in [0.29, 0.717) is 29.4 Å². The van der Waals surface area contributed by atoms with Crippen LogP contribution in [-0.2, 0) is 11.3 Å². The van der Waals surface area contributed by atoms with Gasteiger partial charge in [-0.1, -0.05) is 15.9 Å². The predicted octanol–water partition coefficient (Wildman–Crippen LogP) is 2.25. The monoisotopic (exact) mass is 317 g/mol. The summed E-state index contributed by atoms with van der Waals surface area (Å²) in [5, 5.41) is 21.4. The lowest BCUT2D eigenvalue weighted by molar-refractivity contribution is -0.145. The fourth-order valence-corrected chi connectivity index (χ4v) is 2.47. The lowest BCUT2D eigenvalue weighted by Gasteiger charge is -2.33. The lowest BCUT2D eigenvalue weighted by atomic mass is 9.80. The number of carboxylic acid groups (broad SMARTS) is 1. The zero-order chi connectivity index (χ0) is 13.3. The van der Waals surface area contributed by atoms with Gasteiger partial charge in [-0.3, -0.25) is 4.79 Å². The van der Waals surface area contributed by atoms with E-state index >= 15 is 0 Å². The molecule has 4 nitrogen and oxygen atoms in total. The Hall–Kier alpha value is -1.14. The van der Waals surface area contributed by atoms with Crippen LogP contribution < -0.4 is 5.32 Å². The van der Waals surface area contributed by atoms with Gasteiger partial charge in [0.2, 0.25) is 0 Å². The topological polar surface area (TPSA) is 69.6 Å². The van der Waals surface area contributed by atoms with Gasteiger partial charge in [0.1, 0.15) is 0 Å². The first kappa shape index (κ1) is 13.3. The minimum atomic E-state index is -0.774. The number of rotatable bonds is 4. The van der Waals surface area contributed by atoms with Gasteiger partial charge in [0.15, 0.2) is 11.6 Å². The second kappa shape index (κ2) is 5.24. The maximum atomic E-state index is 13.2. The molecule has 18 heavy (non-hydrogen) atoms. The summed E-state index contributed by atoms with van der Waals surface area (Å²) in [4.78, 5) is 10.6. The Morgan fingerprint density at radius 1 is 1.50 bits per heavy atom. The Balaban J connectivity index is 1.90. The van der Waals surface area contributed by atoms with Gasteiger partial charge >= 0.3 is 5.97 Å². The molecule has 0 atom stereocenters. The molecule has 0 unspecified atom stereocenters. The number of phenols is 1. The maximum Gasteiger partial charge on any atom is 0.306 e. The van der Waals surface area contributed by atoms with Crippen molar-refractivity contribution in [3.63, 3.8) is 0 Å². The Morgan fingerprint density at radius 3 is 2.78 bits per heavy atom. The number of aromatic hydroxyl groups is 1. The highest BCUT2D eigenvalue weighted by atomic mass is 79.9. The van der Waals surface area contributed by atoms with Crippen molar-refractivity contribution in [2.24, 2.45) is 5.92 Å². The third-order valence-electron chi connectivity index (χ3n) is 3.18. The van der Waals surface area contributed by atoms with Crippen LogP contribution in [0.2, 0.25) is 0 Å². The van der Waals surface area contributed by atoms with Gasteiger partial charge in [0, 0.05) is 22.6 Å². The molecule has 0 bridgehead atoms. The maximum absolute atomic E-state index is 13.2. The number of carboxylic acids is 1. The van der Waals surface area contributed by atoms with E-state index in [1.165, 1.54) is 6.07 Å². The molecule has 0 heterocycles. The summed E-state index contributed by atoms with van der Waals surface area (Å²) >= 11 is 3.16. The standard InChI is InChI=1S/C12H13BrFNO3/c13-8-1-7(11(16)10(14)4-8)5-15-9-2-6(3-9)12(17)18/h1,4,6,9,15-16H,2-3,5H2,(H,17,18). The molecule has 2 rings (SSSR count). The number of aliphatic carboxylic acids is 1. The van der Waals surface area contributed by atoms with Crippen LogP contribution in [0.1, 0.15) is 18.4 Å². The molecular formula is C12H13BrFNO3. The molecule has 1 aromatic carbocycles. The first-order valence-electron chi connectivity index (χ1n) is 5.60.